The van der Waals surface area contributed by atoms with Crippen molar-refractivity contribution < 1.29 is 17.4 Å². The Bertz CT molecular complexity index is 614. The van der Waals surface area contributed by atoms with E-state index in [1.807, 2.05) is 0 Å². The van der Waals surface area contributed by atoms with Crippen molar-refractivity contribution in [1.29, 1.82) is 0 Å². The van der Waals surface area contributed by atoms with Crippen LogP contribution in [-0.2, 0) is 17.0 Å². The van der Waals surface area contributed by atoms with E-state index in [4.69, 9.17) is 0 Å². The van der Waals surface area contributed by atoms with E-state index in [1.54, 1.807) is 30.3 Å². The topological polar surface area (TPSA) is 42.9 Å². The van der Waals surface area contributed by atoms with Crippen molar-refractivity contribution in [2.24, 2.45) is 0 Å². The molecule has 2 aromatic rings. The van der Waals surface area contributed by atoms with E-state index < -0.39 is 22.7 Å². The fourth-order valence-corrected chi connectivity index (χ4v) is 1.91. The summed E-state index contributed by atoms with van der Waals surface area (Å²) < 4.78 is 49.5. The molecule has 0 aliphatic carbocycles. The second-order valence-corrected chi connectivity index (χ2v) is 5.01. The predicted molar refractivity (Wildman–Crippen MR) is 64.8 cm³/mol. The number of hydrogen-bond acceptors (Lipinski definition) is 3. The van der Waals surface area contributed by atoms with Crippen molar-refractivity contribution in [1.82, 2.24) is 9.97 Å². The molecule has 19 heavy (non-hydrogen) atoms. The van der Waals surface area contributed by atoms with E-state index in [0.29, 0.717) is 5.56 Å². The fourth-order valence-electron chi connectivity index (χ4n) is 1.46. The molecule has 1 aromatic carbocycles. The third-order valence-corrected chi connectivity index (χ3v) is 3.02. The van der Waals surface area contributed by atoms with E-state index in [-0.39, 0.29) is 10.9 Å². The summed E-state index contributed by atoms with van der Waals surface area (Å²) in [5.41, 5.74) is -0.471. The molecule has 0 amide bonds. The molecular formula is C12H9F3N2OS. The highest BCUT2D eigenvalue weighted by atomic mass is 32.2. The molecule has 0 saturated heterocycles. The minimum absolute atomic E-state index is 0.105. The van der Waals surface area contributed by atoms with Gasteiger partial charge in [0.05, 0.1) is 16.5 Å². The van der Waals surface area contributed by atoms with Crippen molar-refractivity contribution >= 4 is 10.8 Å². The lowest BCUT2D eigenvalue weighted by Gasteiger charge is -2.09. The second-order valence-electron chi connectivity index (χ2n) is 3.74. The van der Waals surface area contributed by atoms with Gasteiger partial charge in [-0.2, -0.15) is 13.2 Å². The molecule has 0 fully saturated rings. The van der Waals surface area contributed by atoms with E-state index >= 15 is 0 Å². The van der Waals surface area contributed by atoms with Gasteiger partial charge in [-0.1, -0.05) is 30.3 Å². The molecule has 0 spiro atoms. The Morgan fingerprint density at radius 2 is 1.74 bits per heavy atom. The van der Waals surface area contributed by atoms with Gasteiger partial charge in [0, 0.05) is 11.8 Å². The van der Waals surface area contributed by atoms with Gasteiger partial charge in [-0.25, -0.2) is 9.97 Å². The van der Waals surface area contributed by atoms with Crippen LogP contribution in [0.25, 0.3) is 11.3 Å². The molecule has 0 aliphatic heterocycles. The van der Waals surface area contributed by atoms with Gasteiger partial charge in [-0.3, -0.25) is 4.21 Å². The van der Waals surface area contributed by atoms with Crippen LogP contribution in [0, 0.1) is 0 Å². The van der Waals surface area contributed by atoms with Crippen LogP contribution in [0.5, 0.6) is 0 Å². The van der Waals surface area contributed by atoms with Crippen molar-refractivity contribution in [2.45, 2.75) is 11.3 Å². The number of aromatic nitrogens is 2. The first kappa shape index (κ1) is 13.7. The molecule has 0 N–H and O–H groups in total. The molecule has 0 radical (unpaired) electrons. The molecule has 1 aromatic heterocycles. The molecule has 1 unspecified atom stereocenters. The minimum atomic E-state index is -4.60. The van der Waals surface area contributed by atoms with Crippen LogP contribution in [-0.4, -0.2) is 20.4 Å². The van der Waals surface area contributed by atoms with Gasteiger partial charge in [-0.15, -0.1) is 0 Å². The van der Waals surface area contributed by atoms with Gasteiger partial charge in [-0.05, 0) is 6.07 Å². The second kappa shape index (κ2) is 5.08. The Labute approximate surface area is 110 Å². The molecule has 100 valence electrons. The van der Waals surface area contributed by atoms with Crippen LogP contribution >= 0.6 is 0 Å². The number of benzene rings is 1. The summed E-state index contributed by atoms with van der Waals surface area (Å²) in [6.07, 6.45) is -3.36. The largest absolute Gasteiger partial charge is 0.433 e. The van der Waals surface area contributed by atoms with Crippen molar-refractivity contribution in [3.63, 3.8) is 0 Å². The summed E-state index contributed by atoms with van der Waals surface area (Å²) in [6, 6.07) is 9.23. The lowest BCUT2D eigenvalue weighted by molar-refractivity contribution is -0.141. The van der Waals surface area contributed by atoms with E-state index in [2.05, 4.69) is 9.97 Å². The highest BCUT2D eigenvalue weighted by Crippen LogP contribution is 2.30. The summed E-state index contributed by atoms with van der Waals surface area (Å²) in [5, 5.41) is -0.325. The quantitative estimate of drug-likeness (QED) is 0.797. The third kappa shape index (κ3) is 3.17. The molecule has 1 heterocycles. The van der Waals surface area contributed by atoms with Crippen LogP contribution in [0.1, 0.15) is 5.69 Å². The molecular weight excluding hydrogens is 277 g/mol. The summed E-state index contributed by atoms with van der Waals surface area (Å²) in [7, 11) is -1.68. The minimum Gasteiger partial charge on any atom is -0.251 e. The molecule has 7 heteroatoms. The van der Waals surface area contributed by atoms with Gasteiger partial charge in [0.25, 0.3) is 0 Å². The Morgan fingerprint density at radius 3 is 2.26 bits per heavy atom. The van der Waals surface area contributed by atoms with Crippen LogP contribution in [0.15, 0.2) is 41.6 Å². The number of nitrogens with zero attached hydrogens (tertiary/aromatic N) is 2. The standard InChI is InChI=1S/C12H9F3N2OS/c1-19(18)11-16-9(8-5-3-2-4-6-8)7-10(17-11)12(13,14)15/h2-7H,1H3. The number of halogens is 3. The van der Waals surface area contributed by atoms with Crippen LogP contribution in [0.3, 0.4) is 0 Å². The zero-order chi connectivity index (χ0) is 14.0. The highest BCUT2D eigenvalue weighted by molar-refractivity contribution is 7.84. The Kier molecular flexibility index (Phi) is 3.66. The number of alkyl halides is 3. The van der Waals surface area contributed by atoms with E-state index in [9.17, 15) is 17.4 Å². The zero-order valence-corrected chi connectivity index (χ0v) is 10.6. The van der Waals surface area contributed by atoms with Crippen molar-refractivity contribution in [3.05, 3.63) is 42.1 Å². The van der Waals surface area contributed by atoms with Crippen LogP contribution in [0.4, 0.5) is 13.2 Å². The molecule has 2 rings (SSSR count). The molecule has 3 nitrogen and oxygen atoms in total. The van der Waals surface area contributed by atoms with Gasteiger partial charge in [0.15, 0.2) is 0 Å². The Morgan fingerprint density at radius 1 is 1.11 bits per heavy atom. The Hall–Kier alpha value is -1.76. The maximum Gasteiger partial charge on any atom is 0.433 e. The molecule has 0 bridgehead atoms. The van der Waals surface area contributed by atoms with Crippen molar-refractivity contribution in [3.8, 4) is 11.3 Å². The van der Waals surface area contributed by atoms with E-state index in [1.165, 1.54) is 6.26 Å². The predicted octanol–water partition coefficient (Wildman–Crippen LogP) is 2.90. The maximum atomic E-state index is 12.7. The van der Waals surface area contributed by atoms with Gasteiger partial charge in [0.2, 0.25) is 5.16 Å². The summed E-state index contributed by atoms with van der Waals surface area (Å²) in [4.78, 5) is 7.20. The lowest BCUT2D eigenvalue weighted by atomic mass is 10.1. The Balaban J connectivity index is 2.62. The van der Waals surface area contributed by atoms with Crippen LogP contribution in [0.2, 0.25) is 0 Å². The normalized spacial score (nSPS) is 13.3. The summed E-state index contributed by atoms with van der Waals surface area (Å²) in [6.45, 7) is 0. The fraction of sp³-hybridized carbons (Fsp3) is 0.167. The zero-order valence-electron chi connectivity index (χ0n) is 9.81. The monoisotopic (exact) mass is 286 g/mol. The molecule has 0 aliphatic rings. The highest BCUT2D eigenvalue weighted by Gasteiger charge is 2.34. The average molecular weight is 286 g/mol. The maximum absolute atomic E-state index is 12.7. The van der Waals surface area contributed by atoms with Gasteiger partial charge < -0.3 is 0 Å². The number of rotatable bonds is 2. The molecule has 0 saturated carbocycles. The first-order chi connectivity index (χ1) is 8.88. The summed E-state index contributed by atoms with van der Waals surface area (Å²) in [5.74, 6) is 0. The third-order valence-electron chi connectivity index (χ3n) is 2.32. The number of hydrogen-bond donors (Lipinski definition) is 0. The first-order valence-electron chi connectivity index (χ1n) is 5.23. The van der Waals surface area contributed by atoms with Crippen molar-refractivity contribution in [2.75, 3.05) is 6.26 Å². The summed E-state index contributed by atoms with van der Waals surface area (Å²) >= 11 is 0. The lowest BCUT2D eigenvalue weighted by Crippen LogP contribution is -2.12. The molecule has 1 atom stereocenters. The first-order valence-corrected chi connectivity index (χ1v) is 6.79. The van der Waals surface area contributed by atoms with Gasteiger partial charge >= 0.3 is 6.18 Å². The van der Waals surface area contributed by atoms with E-state index in [0.717, 1.165) is 6.07 Å². The average Bonchev–Trinajstić information content (AvgIpc) is 2.38. The smallest absolute Gasteiger partial charge is 0.251 e. The SMILES string of the molecule is CS(=O)c1nc(-c2ccccc2)cc(C(F)(F)F)n1. The van der Waals surface area contributed by atoms with Crippen LogP contribution < -0.4 is 0 Å². The van der Waals surface area contributed by atoms with Gasteiger partial charge in [0.1, 0.15) is 5.69 Å².